The van der Waals surface area contributed by atoms with E-state index in [1.165, 1.54) is 19.3 Å². The van der Waals surface area contributed by atoms with E-state index in [9.17, 15) is 0 Å². The number of rotatable bonds is 5. The Morgan fingerprint density at radius 2 is 2.12 bits per heavy atom. The average molecular weight is 234 g/mol. The van der Waals surface area contributed by atoms with E-state index in [-0.39, 0.29) is 11.5 Å². The lowest BCUT2D eigenvalue weighted by atomic mass is 9.62. The first kappa shape index (κ1) is 12.4. The molecular weight excluding hydrogens is 212 g/mol. The number of nitrogens with one attached hydrogen (secondary N) is 1. The Morgan fingerprint density at radius 1 is 1.41 bits per heavy atom. The molecule has 0 heterocycles. The molecule has 1 atom stereocenters. The SMILES string of the molecule is CNCC1(C(N)c2ccccc2OC)CCC1. The van der Waals surface area contributed by atoms with E-state index in [2.05, 4.69) is 11.4 Å². The van der Waals surface area contributed by atoms with E-state index < -0.39 is 0 Å². The van der Waals surface area contributed by atoms with Gasteiger partial charge in [-0.2, -0.15) is 0 Å². The van der Waals surface area contributed by atoms with Crippen LogP contribution in [0.5, 0.6) is 5.75 Å². The van der Waals surface area contributed by atoms with Crippen molar-refractivity contribution < 1.29 is 4.74 Å². The number of hydrogen-bond acceptors (Lipinski definition) is 3. The molecule has 1 aromatic carbocycles. The van der Waals surface area contributed by atoms with E-state index in [0.717, 1.165) is 17.9 Å². The molecule has 1 unspecified atom stereocenters. The minimum Gasteiger partial charge on any atom is -0.496 e. The highest BCUT2D eigenvalue weighted by Gasteiger charge is 2.43. The van der Waals surface area contributed by atoms with Gasteiger partial charge in [0.25, 0.3) is 0 Å². The third-order valence-electron chi connectivity index (χ3n) is 4.01. The fourth-order valence-corrected chi connectivity index (χ4v) is 2.83. The maximum atomic E-state index is 6.48. The number of benzene rings is 1. The van der Waals surface area contributed by atoms with Gasteiger partial charge in [-0.1, -0.05) is 24.6 Å². The van der Waals surface area contributed by atoms with Gasteiger partial charge in [0.05, 0.1) is 7.11 Å². The largest absolute Gasteiger partial charge is 0.496 e. The highest BCUT2D eigenvalue weighted by Crippen LogP contribution is 2.50. The first-order valence-corrected chi connectivity index (χ1v) is 6.26. The molecule has 1 aliphatic rings. The standard InChI is InChI=1S/C14H22N2O/c1-16-10-14(8-5-9-14)13(15)11-6-3-4-7-12(11)17-2/h3-4,6-7,13,16H,5,8-10,15H2,1-2H3. The van der Waals surface area contributed by atoms with Gasteiger partial charge in [-0.15, -0.1) is 0 Å². The van der Waals surface area contributed by atoms with Crippen LogP contribution in [0.15, 0.2) is 24.3 Å². The van der Waals surface area contributed by atoms with Gasteiger partial charge < -0.3 is 15.8 Å². The number of para-hydroxylation sites is 1. The number of hydrogen-bond donors (Lipinski definition) is 2. The Hall–Kier alpha value is -1.06. The van der Waals surface area contributed by atoms with E-state index in [0.29, 0.717) is 0 Å². The molecule has 1 aromatic rings. The summed E-state index contributed by atoms with van der Waals surface area (Å²) in [6.45, 7) is 0.978. The van der Waals surface area contributed by atoms with Gasteiger partial charge in [0.2, 0.25) is 0 Å². The molecule has 1 saturated carbocycles. The molecule has 3 heteroatoms. The highest BCUT2D eigenvalue weighted by molar-refractivity contribution is 5.37. The van der Waals surface area contributed by atoms with Gasteiger partial charge in [0.15, 0.2) is 0 Å². The van der Waals surface area contributed by atoms with Gasteiger partial charge in [0, 0.05) is 23.6 Å². The molecule has 0 radical (unpaired) electrons. The normalized spacial score (nSPS) is 19.5. The third kappa shape index (κ3) is 2.17. The Bertz CT molecular complexity index is 374. The summed E-state index contributed by atoms with van der Waals surface area (Å²) in [4.78, 5) is 0. The van der Waals surface area contributed by atoms with E-state index in [4.69, 9.17) is 10.5 Å². The van der Waals surface area contributed by atoms with E-state index in [1.54, 1.807) is 7.11 Å². The molecule has 0 spiro atoms. The Morgan fingerprint density at radius 3 is 2.65 bits per heavy atom. The molecule has 1 fully saturated rings. The van der Waals surface area contributed by atoms with Crippen LogP contribution in [0.1, 0.15) is 30.9 Å². The molecule has 0 saturated heterocycles. The lowest BCUT2D eigenvalue weighted by molar-refractivity contribution is 0.0934. The van der Waals surface area contributed by atoms with Crippen molar-refractivity contribution in [2.45, 2.75) is 25.3 Å². The summed E-state index contributed by atoms with van der Waals surface area (Å²) < 4.78 is 5.41. The fraction of sp³-hybridized carbons (Fsp3) is 0.571. The van der Waals surface area contributed by atoms with E-state index in [1.807, 2.05) is 25.2 Å². The molecule has 0 amide bonds. The van der Waals surface area contributed by atoms with Crippen LogP contribution in [-0.2, 0) is 0 Å². The summed E-state index contributed by atoms with van der Waals surface area (Å²) in [6.07, 6.45) is 3.69. The molecule has 0 aromatic heterocycles. The smallest absolute Gasteiger partial charge is 0.123 e. The maximum absolute atomic E-state index is 6.48. The maximum Gasteiger partial charge on any atom is 0.123 e. The lowest BCUT2D eigenvalue weighted by Gasteiger charge is -2.46. The number of methoxy groups -OCH3 is 1. The van der Waals surface area contributed by atoms with Crippen LogP contribution >= 0.6 is 0 Å². The van der Waals surface area contributed by atoms with Crippen molar-refractivity contribution in [3.05, 3.63) is 29.8 Å². The zero-order valence-electron chi connectivity index (χ0n) is 10.7. The molecule has 1 aliphatic carbocycles. The van der Waals surface area contributed by atoms with Crippen LogP contribution in [0.4, 0.5) is 0 Å². The molecule has 94 valence electrons. The van der Waals surface area contributed by atoms with Crippen molar-refractivity contribution in [3.8, 4) is 5.75 Å². The molecule has 0 aliphatic heterocycles. The average Bonchev–Trinajstić information content (AvgIpc) is 2.33. The van der Waals surface area contributed by atoms with Crippen molar-refractivity contribution in [1.82, 2.24) is 5.32 Å². The predicted octanol–water partition coefficient (Wildman–Crippen LogP) is 2.08. The minimum absolute atomic E-state index is 0.0554. The molecule has 17 heavy (non-hydrogen) atoms. The third-order valence-corrected chi connectivity index (χ3v) is 4.01. The van der Waals surface area contributed by atoms with Crippen molar-refractivity contribution in [1.29, 1.82) is 0 Å². The minimum atomic E-state index is 0.0554. The Labute approximate surface area is 103 Å². The molecule has 0 bridgehead atoms. The van der Waals surface area contributed by atoms with Gasteiger partial charge in [-0.05, 0) is 26.0 Å². The summed E-state index contributed by atoms with van der Waals surface area (Å²) in [5, 5.41) is 3.28. The summed E-state index contributed by atoms with van der Waals surface area (Å²) >= 11 is 0. The highest BCUT2D eigenvalue weighted by atomic mass is 16.5. The summed E-state index contributed by atoms with van der Waals surface area (Å²) in [5.41, 5.74) is 7.82. The number of nitrogens with two attached hydrogens (primary N) is 1. The summed E-state index contributed by atoms with van der Waals surface area (Å²) in [6, 6.07) is 8.14. The van der Waals surface area contributed by atoms with Crippen LogP contribution in [-0.4, -0.2) is 20.7 Å². The summed E-state index contributed by atoms with van der Waals surface area (Å²) in [5.74, 6) is 0.905. The van der Waals surface area contributed by atoms with E-state index >= 15 is 0 Å². The zero-order valence-corrected chi connectivity index (χ0v) is 10.7. The first-order chi connectivity index (χ1) is 8.23. The molecule has 2 rings (SSSR count). The predicted molar refractivity (Wildman–Crippen MR) is 70.1 cm³/mol. The molecule has 3 nitrogen and oxygen atoms in total. The quantitative estimate of drug-likeness (QED) is 0.820. The van der Waals surface area contributed by atoms with Crippen molar-refractivity contribution in [2.75, 3.05) is 20.7 Å². The van der Waals surface area contributed by atoms with Crippen LogP contribution in [0, 0.1) is 5.41 Å². The van der Waals surface area contributed by atoms with Crippen LogP contribution in [0.3, 0.4) is 0 Å². The fourth-order valence-electron chi connectivity index (χ4n) is 2.83. The van der Waals surface area contributed by atoms with Crippen molar-refractivity contribution >= 4 is 0 Å². The van der Waals surface area contributed by atoms with Crippen LogP contribution in [0.2, 0.25) is 0 Å². The Kier molecular flexibility index (Phi) is 3.69. The second kappa shape index (κ2) is 5.07. The summed E-state index contributed by atoms with van der Waals surface area (Å²) in [7, 11) is 3.70. The second-order valence-corrected chi connectivity index (χ2v) is 4.97. The van der Waals surface area contributed by atoms with Gasteiger partial charge in [-0.3, -0.25) is 0 Å². The van der Waals surface area contributed by atoms with Crippen LogP contribution < -0.4 is 15.8 Å². The van der Waals surface area contributed by atoms with Crippen LogP contribution in [0.25, 0.3) is 0 Å². The number of ether oxygens (including phenoxy) is 1. The first-order valence-electron chi connectivity index (χ1n) is 6.26. The molecule has 3 N–H and O–H groups in total. The van der Waals surface area contributed by atoms with Gasteiger partial charge in [-0.25, -0.2) is 0 Å². The second-order valence-electron chi connectivity index (χ2n) is 4.97. The zero-order chi connectivity index (χ0) is 12.3. The topological polar surface area (TPSA) is 47.3 Å². The van der Waals surface area contributed by atoms with Crippen molar-refractivity contribution in [2.24, 2.45) is 11.1 Å². The van der Waals surface area contributed by atoms with Gasteiger partial charge >= 0.3 is 0 Å². The lowest BCUT2D eigenvalue weighted by Crippen LogP contribution is -2.47. The molecular formula is C14H22N2O. The monoisotopic (exact) mass is 234 g/mol. The van der Waals surface area contributed by atoms with Crippen molar-refractivity contribution in [3.63, 3.8) is 0 Å². The van der Waals surface area contributed by atoms with Gasteiger partial charge in [0.1, 0.15) is 5.75 Å². The Balaban J connectivity index is 2.26.